The summed E-state index contributed by atoms with van der Waals surface area (Å²) in [4.78, 5) is 0. The molecular formula is C15H18ClNO. The number of rotatable bonds is 3. The Morgan fingerprint density at radius 1 is 1.17 bits per heavy atom. The molecule has 0 bridgehead atoms. The smallest absolute Gasteiger partial charge is 0.122 e. The van der Waals surface area contributed by atoms with Crippen LogP contribution in [0.1, 0.15) is 19.4 Å². The Bertz CT molecular complexity index is 572. The van der Waals surface area contributed by atoms with Gasteiger partial charge in [0.25, 0.3) is 0 Å². The molecule has 0 radical (unpaired) electrons. The van der Waals surface area contributed by atoms with E-state index >= 15 is 0 Å². The standard InChI is InChI=1S/C15H18ClNO/c1-15(2,17)9-12-6-11-7-13(16)5-4-10(11)8-14(12)18-3/h4-8H,9,17H2,1-3H3. The van der Waals surface area contributed by atoms with Crippen LogP contribution in [-0.2, 0) is 6.42 Å². The van der Waals surface area contributed by atoms with Gasteiger partial charge in [0.15, 0.2) is 0 Å². The Kier molecular flexibility index (Phi) is 3.51. The Hall–Kier alpha value is -1.25. The third-order valence-corrected chi connectivity index (χ3v) is 3.08. The summed E-state index contributed by atoms with van der Waals surface area (Å²) >= 11 is 6.02. The van der Waals surface area contributed by atoms with Gasteiger partial charge < -0.3 is 10.5 Å². The highest BCUT2D eigenvalue weighted by atomic mass is 35.5. The highest BCUT2D eigenvalue weighted by Crippen LogP contribution is 2.29. The van der Waals surface area contributed by atoms with Crippen LogP contribution in [0.5, 0.6) is 5.75 Å². The topological polar surface area (TPSA) is 35.2 Å². The van der Waals surface area contributed by atoms with E-state index in [1.54, 1.807) is 7.11 Å². The van der Waals surface area contributed by atoms with Crippen molar-refractivity contribution in [3.8, 4) is 5.75 Å². The van der Waals surface area contributed by atoms with Gasteiger partial charge in [0, 0.05) is 10.6 Å². The van der Waals surface area contributed by atoms with Gasteiger partial charge in [-0.15, -0.1) is 0 Å². The fourth-order valence-corrected chi connectivity index (χ4v) is 2.29. The molecule has 2 rings (SSSR count). The van der Waals surface area contributed by atoms with E-state index in [4.69, 9.17) is 22.1 Å². The number of nitrogens with two attached hydrogens (primary N) is 1. The van der Waals surface area contributed by atoms with Crippen molar-refractivity contribution in [1.29, 1.82) is 0 Å². The average molecular weight is 264 g/mol. The molecule has 0 unspecified atom stereocenters. The molecule has 2 nitrogen and oxygen atoms in total. The van der Waals surface area contributed by atoms with Crippen LogP contribution in [-0.4, -0.2) is 12.6 Å². The molecule has 0 aliphatic carbocycles. The molecule has 3 heteroatoms. The molecular weight excluding hydrogens is 246 g/mol. The van der Waals surface area contributed by atoms with E-state index in [1.807, 2.05) is 38.1 Å². The van der Waals surface area contributed by atoms with Gasteiger partial charge in [0.05, 0.1) is 7.11 Å². The number of halogens is 1. The van der Waals surface area contributed by atoms with E-state index in [0.717, 1.165) is 33.5 Å². The van der Waals surface area contributed by atoms with Crippen molar-refractivity contribution in [2.24, 2.45) is 5.73 Å². The summed E-state index contributed by atoms with van der Waals surface area (Å²) in [6.07, 6.45) is 0.763. The maximum absolute atomic E-state index is 6.08. The first kappa shape index (κ1) is 13.2. The van der Waals surface area contributed by atoms with Gasteiger partial charge in [-0.2, -0.15) is 0 Å². The lowest BCUT2D eigenvalue weighted by molar-refractivity contribution is 0.403. The molecule has 0 atom stereocenters. The fourth-order valence-electron chi connectivity index (χ4n) is 2.11. The van der Waals surface area contributed by atoms with Gasteiger partial charge in [-0.25, -0.2) is 0 Å². The van der Waals surface area contributed by atoms with Crippen molar-refractivity contribution in [2.75, 3.05) is 7.11 Å². The molecule has 0 aliphatic heterocycles. The molecule has 0 heterocycles. The SMILES string of the molecule is COc1cc2ccc(Cl)cc2cc1CC(C)(C)N. The van der Waals surface area contributed by atoms with Crippen LogP contribution >= 0.6 is 11.6 Å². The summed E-state index contributed by atoms with van der Waals surface area (Å²) in [6, 6.07) is 9.98. The first-order valence-electron chi connectivity index (χ1n) is 5.94. The second-order valence-corrected chi connectivity index (χ2v) is 5.76. The highest BCUT2D eigenvalue weighted by molar-refractivity contribution is 6.31. The van der Waals surface area contributed by atoms with E-state index in [-0.39, 0.29) is 5.54 Å². The van der Waals surface area contributed by atoms with Crippen molar-refractivity contribution in [1.82, 2.24) is 0 Å². The summed E-state index contributed by atoms with van der Waals surface area (Å²) in [5, 5.41) is 2.98. The molecule has 0 fully saturated rings. The molecule has 0 saturated heterocycles. The van der Waals surface area contributed by atoms with E-state index in [9.17, 15) is 0 Å². The van der Waals surface area contributed by atoms with Crippen LogP contribution in [0, 0.1) is 0 Å². The van der Waals surface area contributed by atoms with Gasteiger partial charge in [0.2, 0.25) is 0 Å². The van der Waals surface area contributed by atoms with Crippen molar-refractivity contribution < 1.29 is 4.74 Å². The largest absolute Gasteiger partial charge is 0.496 e. The van der Waals surface area contributed by atoms with Gasteiger partial charge in [-0.1, -0.05) is 17.7 Å². The van der Waals surface area contributed by atoms with Crippen LogP contribution in [0.2, 0.25) is 5.02 Å². The van der Waals surface area contributed by atoms with Gasteiger partial charge >= 0.3 is 0 Å². The number of benzene rings is 2. The number of hydrogen-bond donors (Lipinski definition) is 1. The van der Waals surface area contributed by atoms with E-state index in [2.05, 4.69) is 6.07 Å². The second-order valence-electron chi connectivity index (χ2n) is 5.32. The summed E-state index contributed by atoms with van der Waals surface area (Å²) < 4.78 is 5.44. The molecule has 18 heavy (non-hydrogen) atoms. The Labute approximate surface area is 113 Å². The molecule has 0 aliphatic rings. The first-order chi connectivity index (χ1) is 8.39. The molecule has 0 amide bonds. The van der Waals surface area contributed by atoms with Gasteiger partial charge in [0.1, 0.15) is 5.75 Å². The monoisotopic (exact) mass is 263 g/mol. The Morgan fingerprint density at radius 3 is 2.50 bits per heavy atom. The Morgan fingerprint density at radius 2 is 1.89 bits per heavy atom. The zero-order chi connectivity index (χ0) is 13.3. The van der Waals surface area contributed by atoms with Crippen LogP contribution in [0.3, 0.4) is 0 Å². The minimum atomic E-state index is -0.264. The van der Waals surface area contributed by atoms with Crippen molar-refractivity contribution in [3.63, 3.8) is 0 Å². The summed E-state index contributed by atoms with van der Waals surface area (Å²) in [7, 11) is 1.68. The fraction of sp³-hybridized carbons (Fsp3) is 0.333. The van der Waals surface area contributed by atoms with Crippen molar-refractivity contribution >= 4 is 22.4 Å². The minimum absolute atomic E-state index is 0.264. The quantitative estimate of drug-likeness (QED) is 0.915. The number of fused-ring (bicyclic) bond motifs is 1. The molecule has 2 aromatic rings. The summed E-state index contributed by atoms with van der Waals surface area (Å²) in [6.45, 7) is 4.02. The van der Waals surface area contributed by atoms with E-state index in [0.29, 0.717) is 0 Å². The normalized spacial score (nSPS) is 11.8. The minimum Gasteiger partial charge on any atom is -0.496 e. The zero-order valence-corrected chi connectivity index (χ0v) is 11.7. The molecule has 2 N–H and O–H groups in total. The molecule has 0 saturated carbocycles. The second kappa shape index (κ2) is 4.79. The predicted octanol–water partition coefficient (Wildman–Crippen LogP) is 3.78. The van der Waals surface area contributed by atoms with Gasteiger partial charge in [-0.3, -0.25) is 0 Å². The maximum atomic E-state index is 6.08. The third-order valence-electron chi connectivity index (χ3n) is 2.85. The van der Waals surface area contributed by atoms with Crippen LogP contribution < -0.4 is 10.5 Å². The molecule has 2 aromatic carbocycles. The number of hydrogen-bond acceptors (Lipinski definition) is 2. The van der Waals surface area contributed by atoms with Crippen molar-refractivity contribution in [2.45, 2.75) is 25.8 Å². The lowest BCUT2D eigenvalue weighted by Gasteiger charge is -2.20. The van der Waals surface area contributed by atoms with E-state index < -0.39 is 0 Å². The lowest BCUT2D eigenvalue weighted by Crippen LogP contribution is -2.34. The number of methoxy groups -OCH3 is 1. The van der Waals surface area contributed by atoms with Crippen LogP contribution in [0.25, 0.3) is 10.8 Å². The highest BCUT2D eigenvalue weighted by Gasteiger charge is 2.15. The zero-order valence-electron chi connectivity index (χ0n) is 11.0. The molecule has 0 aromatic heterocycles. The predicted molar refractivity (Wildman–Crippen MR) is 77.5 cm³/mol. The van der Waals surface area contributed by atoms with E-state index in [1.165, 1.54) is 0 Å². The van der Waals surface area contributed by atoms with Crippen LogP contribution in [0.4, 0.5) is 0 Å². The first-order valence-corrected chi connectivity index (χ1v) is 6.32. The summed E-state index contributed by atoms with van der Waals surface area (Å²) in [5.41, 5.74) is 6.93. The number of ether oxygens (including phenoxy) is 1. The van der Waals surface area contributed by atoms with Crippen LogP contribution in [0.15, 0.2) is 30.3 Å². The maximum Gasteiger partial charge on any atom is 0.122 e. The molecule has 96 valence electrons. The Balaban J connectivity index is 2.56. The molecule has 0 spiro atoms. The lowest BCUT2D eigenvalue weighted by atomic mass is 9.94. The van der Waals surface area contributed by atoms with Crippen molar-refractivity contribution in [3.05, 3.63) is 40.9 Å². The average Bonchev–Trinajstić information content (AvgIpc) is 2.25. The summed E-state index contributed by atoms with van der Waals surface area (Å²) in [5.74, 6) is 0.878. The third kappa shape index (κ3) is 2.95. The van der Waals surface area contributed by atoms with Gasteiger partial charge in [-0.05, 0) is 60.9 Å².